The molecule has 8 heteroatoms. The number of carbonyl (C=O) groups is 2. The largest absolute Gasteiger partial charge is 0.494 e. The van der Waals surface area contributed by atoms with Gasteiger partial charge in [-0.25, -0.2) is 9.18 Å². The summed E-state index contributed by atoms with van der Waals surface area (Å²) >= 11 is 1.18. The smallest absolute Gasteiger partial charge is 0.341 e. The van der Waals surface area contributed by atoms with E-state index in [0.29, 0.717) is 34.2 Å². The van der Waals surface area contributed by atoms with Crippen molar-refractivity contribution in [1.82, 2.24) is 0 Å². The van der Waals surface area contributed by atoms with E-state index in [9.17, 15) is 14.0 Å². The number of nitrogens with one attached hydrogen (secondary N) is 1. The summed E-state index contributed by atoms with van der Waals surface area (Å²) < 4.78 is 28.9. The first-order chi connectivity index (χ1) is 14.5. The number of rotatable bonds is 8. The molecule has 2 aromatic carbocycles. The zero-order chi connectivity index (χ0) is 21.5. The second-order valence-electron chi connectivity index (χ2n) is 6.09. The molecular weight excluding hydrogens is 409 g/mol. The standard InChI is InChI=1S/C22H20FNO5S/c1-3-28-16-8-10-17(11-9-16)29-12-19(25)24-21-20(22(26)27-2)18(13-30-21)14-4-6-15(23)7-5-14/h4-11,13H,3,12H2,1-2H3,(H,24,25). The summed E-state index contributed by atoms with van der Waals surface area (Å²) in [6.45, 7) is 2.22. The molecule has 6 nitrogen and oxygen atoms in total. The lowest BCUT2D eigenvalue weighted by atomic mass is 10.0. The van der Waals surface area contributed by atoms with Crippen molar-refractivity contribution in [3.05, 3.63) is 65.3 Å². The number of amides is 1. The molecule has 1 amide bonds. The number of anilines is 1. The van der Waals surface area contributed by atoms with Crippen LogP contribution in [0.1, 0.15) is 17.3 Å². The third-order valence-corrected chi connectivity index (χ3v) is 4.99. The summed E-state index contributed by atoms with van der Waals surface area (Å²) in [5.41, 5.74) is 1.40. The van der Waals surface area contributed by atoms with E-state index in [2.05, 4.69) is 5.32 Å². The van der Waals surface area contributed by atoms with Crippen LogP contribution in [-0.2, 0) is 9.53 Å². The van der Waals surface area contributed by atoms with Crippen LogP contribution in [0.15, 0.2) is 53.9 Å². The predicted octanol–water partition coefficient (Wildman–Crippen LogP) is 4.76. The van der Waals surface area contributed by atoms with Gasteiger partial charge in [0.05, 0.1) is 13.7 Å². The maximum absolute atomic E-state index is 13.2. The first-order valence-electron chi connectivity index (χ1n) is 9.13. The third-order valence-electron chi connectivity index (χ3n) is 4.09. The number of hydrogen-bond acceptors (Lipinski definition) is 6. The van der Waals surface area contributed by atoms with Crippen LogP contribution in [0, 0.1) is 5.82 Å². The molecule has 0 aliphatic rings. The number of ether oxygens (including phenoxy) is 3. The van der Waals surface area contributed by atoms with Crippen molar-refractivity contribution in [3.8, 4) is 22.6 Å². The van der Waals surface area contributed by atoms with Crippen LogP contribution < -0.4 is 14.8 Å². The predicted molar refractivity (Wildman–Crippen MR) is 113 cm³/mol. The zero-order valence-corrected chi connectivity index (χ0v) is 17.3. The van der Waals surface area contributed by atoms with Crippen LogP contribution in [-0.4, -0.2) is 32.2 Å². The summed E-state index contributed by atoms with van der Waals surface area (Å²) in [5, 5.41) is 4.73. The van der Waals surface area contributed by atoms with Crippen molar-refractivity contribution in [3.63, 3.8) is 0 Å². The number of hydrogen-bond donors (Lipinski definition) is 1. The average Bonchev–Trinajstić information content (AvgIpc) is 3.17. The minimum absolute atomic E-state index is 0.212. The fraction of sp³-hybridized carbons (Fsp3) is 0.182. The van der Waals surface area contributed by atoms with Gasteiger partial charge in [0, 0.05) is 10.9 Å². The average molecular weight is 429 g/mol. The molecule has 0 fully saturated rings. The van der Waals surface area contributed by atoms with Crippen LogP contribution in [0.5, 0.6) is 11.5 Å². The molecule has 0 saturated heterocycles. The van der Waals surface area contributed by atoms with Crippen LogP contribution in [0.3, 0.4) is 0 Å². The number of halogens is 1. The van der Waals surface area contributed by atoms with Gasteiger partial charge in [0.2, 0.25) is 0 Å². The van der Waals surface area contributed by atoms with Crippen molar-refractivity contribution in [2.75, 3.05) is 25.6 Å². The van der Waals surface area contributed by atoms with Gasteiger partial charge in [-0.2, -0.15) is 0 Å². The van der Waals surface area contributed by atoms with E-state index in [1.54, 1.807) is 41.8 Å². The van der Waals surface area contributed by atoms with E-state index in [0.717, 1.165) is 0 Å². The minimum Gasteiger partial charge on any atom is -0.494 e. The van der Waals surface area contributed by atoms with Gasteiger partial charge < -0.3 is 19.5 Å². The van der Waals surface area contributed by atoms with E-state index < -0.39 is 11.9 Å². The molecule has 0 bridgehead atoms. The first kappa shape index (κ1) is 21.3. The Kier molecular flexibility index (Phi) is 7.03. The van der Waals surface area contributed by atoms with E-state index >= 15 is 0 Å². The Bertz CT molecular complexity index is 1020. The second-order valence-corrected chi connectivity index (χ2v) is 6.97. The van der Waals surface area contributed by atoms with E-state index in [1.165, 1.54) is 30.6 Å². The molecule has 3 aromatic rings. The quantitative estimate of drug-likeness (QED) is 0.523. The maximum atomic E-state index is 13.2. The van der Waals surface area contributed by atoms with Crippen LogP contribution in [0.25, 0.3) is 11.1 Å². The Balaban J connectivity index is 1.71. The number of thiophene rings is 1. The topological polar surface area (TPSA) is 73.9 Å². The maximum Gasteiger partial charge on any atom is 0.341 e. The van der Waals surface area contributed by atoms with E-state index in [-0.39, 0.29) is 18.0 Å². The van der Waals surface area contributed by atoms with Crippen molar-refractivity contribution in [1.29, 1.82) is 0 Å². The third kappa shape index (κ3) is 5.15. The van der Waals surface area contributed by atoms with Gasteiger partial charge in [-0.3, -0.25) is 4.79 Å². The molecule has 1 N–H and O–H groups in total. The molecular formula is C22H20FNO5S. The molecule has 1 aromatic heterocycles. The monoisotopic (exact) mass is 429 g/mol. The summed E-state index contributed by atoms with van der Waals surface area (Å²) in [6.07, 6.45) is 0. The van der Waals surface area contributed by atoms with Gasteiger partial charge in [0.25, 0.3) is 5.91 Å². The first-order valence-corrected chi connectivity index (χ1v) is 10.0. The van der Waals surface area contributed by atoms with Crippen molar-refractivity contribution >= 4 is 28.2 Å². The number of benzene rings is 2. The highest BCUT2D eigenvalue weighted by Gasteiger charge is 2.22. The highest BCUT2D eigenvalue weighted by atomic mass is 32.1. The molecule has 0 atom stereocenters. The Hall–Kier alpha value is -3.39. The van der Waals surface area contributed by atoms with E-state index in [1.807, 2.05) is 6.92 Å². The molecule has 0 saturated carbocycles. The molecule has 30 heavy (non-hydrogen) atoms. The van der Waals surface area contributed by atoms with Crippen LogP contribution in [0.4, 0.5) is 9.39 Å². The highest BCUT2D eigenvalue weighted by Crippen LogP contribution is 2.36. The molecule has 1 heterocycles. The lowest BCUT2D eigenvalue weighted by Gasteiger charge is -2.09. The lowest BCUT2D eigenvalue weighted by Crippen LogP contribution is -2.21. The SMILES string of the molecule is CCOc1ccc(OCC(=O)Nc2scc(-c3ccc(F)cc3)c2C(=O)OC)cc1. The van der Waals surface area contributed by atoms with Crippen molar-refractivity contribution in [2.45, 2.75) is 6.92 Å². The molecule has 0 aliphatic heterocycles. The second kappa shape index (κ2) is 9.89. The molecule has 0 unspecified atom stereocenters. The highest BCUT2D eigenvalue weighted by molar-refractivity contribution is 7.15. The van der Waals surface area contributed by atoms with Crippen molar-refractivity contribution in [2.24, 2.45) is 0 Å². The van der Waals surface area contributed by atoms with Gasteiger partial charge in [-0.15, -0.1) is 11.3 Å². The van der Waals surface area contributed by atoms with Gasteiger partial charge in [0.15, 0.2) is 6.61 Å². The summed E-state index contributed by atoms with van der Waals surface area (Å²) in [6, 6.07) is 12.6. The normalized spacial score (nSPS) is 10.4. The Morgan fingerprint density at radius 3 is 2.23 bits per heavy atom. The number of carbonyl (C=O) groups excluding carboxylic acids is 2. The summed E-state index contributed by atoms with van der Waals surface area (Å²) in [4.78, 5) is 24.7. The van der Waals surface area contributed by atoms with Gasteiger partial charge in [-0.05, 0) is 48.9 Å². The Labute approximate surface area is 177 Å². The molecule has 0 radical (unpaired) electrons. The lowest BCUT2D eigenvalue weighted by molar-refractivity contribution is -0.118. The zero-order valence-electron chi connectivity index (χ0n) is 16.4. The molecule has 0 spiro atoms. The Morgan fingerprint density at radius 2 is 1.63 bits per heavy atom. The number of methoxy groups -OCH3 is 1. The fourth-order valence-corrected chi connectivity index (χ4v) is 3.68. The van der Waals surface area contributed by atoms with Crippen LogP contribution in [0.2, 0.25) is 0 Å². The molecule has 156 valence electrons. The minimum atomic E-state index is -0.599. The molecule has 0 aliphatic carbocycles. The summed E-state index contributed by atoms with van der Waals surface area (Å²) in [5.74, 6) is -0.183. The molecule has 3 rings (SSSR count). The van der Waals surface area contributed by atoms with Gasteiger partial charge in [0.1, 0.15) is 27.9 Å². The van der Waals surface area contributed by atoms with Gasteiger partial charge >= 0.3 is 5.97 Å². The van der Waals surface area contributed by atoms with Gasteiger partial charge in [-0.1, -0.05) is 12.1 Å². The summed E-state index contributed by atoms with van der Waals surface area (Å²) in [7, 11) is 1.26. The van der Waals surface area contributed by atoms with Crippen molar-refractivity contribution < 1.29 is 28.2 Å². The Morgan fingerprint density at radius 1 is 1.00 bits per heavy atom. The van der Waals surface area contributed by atoms with E-state index in [4.69, 9.17) is 14.2 Å². The number of esters is 1. The fourth-order valence-electron chi connectivity index (χ4n) is 2.71. The van der Waals surface area contributed by atoms with Crippen LogP contribution >= 0.6 is 11.3 Å².